The largest absolute Gasteiger partial charge is 0.419 e. The third-order valence-electron chi connectivity index (χ3n) is 4.08. The van der Waals surface area contributed by atoms with Gasteiger partial charge >= 0.3 is 6.18 Å². The Morgan fingerprint density at radius 3 is 2.19 bits per heavy atom. The Kier molecular flexibility index (Phi) is 5.27. The van der Waals surface area contributed by atoms with Crippen molar-refractivity contribution in [3.63, 3.8) is 0 Å². The van der Waals surface area contributed by atoms with Gasteiger partial charge in [-0.05, 0) is 36.4 Å². The first kappa shape index (κ1) is 19.1. The van der Waals surface area contributed by atoms with Gasteiger partial charge in [-0.2, -0.15) is 17.5 Å². The molecule has 2 heterocycles. The van der Waals surface area contributed by atoms with Gasteiger partial charge < -0.3 is 4.90 Å². The highest BCUT2D eigenvalue weighted by atomic mass is 79.9. The Morgan fingerprint density at radius 2 is 1.62 bits per heavy atom. The number of halogens is 4. The number of alkyl halides is 3. The van der Waals surface area contributed by atoms with E-state index in [9.17, 15) is 21.6 Å². The summed E-state index contributed by atoms with van der Waals surface area (Å²) in [5.41, 5.74) is -0.816. The van der Waals surface area contributed by atoms with Crippen LogP contribution < -0.4 is 4.90 Å². The van der Waals surface area contributed by atoms with Crippen molar-refractivity contribution < 1.29 is 21.6 Å². The first-order valence-corrected chi connectivity index (χ1v) is 9.96. The van der Waals surface area contributed by atoms with Crippen LogP contribution in [-0.2, 0) is 16.2 Å². The van der Waals surface area contributed by atoms with E-state index in [1.807, 2.05) is 0 Å². The zero-order chi connectivity index (χ0) is 18.9. The summed E-state index contributed by atoms with van der Waals surface area (Å²) < 4.78 is 66.8. The van der Waals surface area contributed by atoms with Crippen LogP contribution in [0.3, 0.4) is 0 Å². The Balaban J connectivity index is 1.77. The summed E-state index contributed by atoms with van der Waals surface area (Å²) >= 11 is 3.25. The molecule has 0 bridgehead atoms. The number of pyridine rings is 1. The van der Waals surface area contributed by atoms with E-state index < -0.39 is 21.8 Å². The Bertz CT molecular complexity index is 880. The molecule has 1 fully saturated rings. The molecule has 1 aromatic heterocycles. The molecule has 0 spiro atoms. The molecule has 26 heavy (non-hydrogen) atoms. The molecule has 1 aliphatic heterocycles. The van der Waals surface area contributed by atoms with E-state index in [0.717, 1.165) is 10.5 Å². The molecule has 1 aromatic carbocycles. The normalized spacial score (nSPS) is 16.7. The van der Waals surface area contributed by atoms with Crippen molar-refractivity contribution in [2.75, 3.05) is 31.1 Å². The predicted molar refractivity (Wildman–Crippen MR) is 94.4 cm³/mol. The Morgan fingerprint density at radius 1 is 1.00 bits per heavy atom. The lowest BCUT2D eigenvalue weighted by atomic mass is 10.2. The van der Waals surface area contributed by atoms with Crippen molar-refractivity contribution in [1.29, 1.82) is 0 Å². The second-order valence-corrected chi connectivity index (χ2v) is 8.57. The highest BCUT2D eigenvalue weighted by molar-refractivity contribution is 9.10. The summed E-state index contributed by atoms with van der Waals surface area (Å²) in [6.07, 6.45) is -3.21. The van der Waals surface area contributed by atoms with E-state index in [0.29, 0.717) is 0 Å². The molecule has 0 saturated carbocycles. The summed E-state index contributed by atoms with van der Waals surface area (Å²) in [6, 6.07) is 8.46. The van der Waals surface area contributed by atoms with Crippen molar-refractivity contribution >= 4 is 31.8 Å². The molecule has 140 valence electrons. The molecule has 0 amide bonds. The van der Waals surface area contributed by atoms with Gasteiger partial charge in [-0.25, -0.2) is 13.4 Å². The maximum Gasteiger partial charge on any atom is 0.419 e. The number of piperazine rings is 1. The first-order valence-electron chi connectivity index (χ1n) is 7.72. The number of sulfonamides is 1. The average Bonchev–Trinajstić information content (AvgIpc) is 2.61. The number of hydrogen-bond acceptors (Lipinski definition) is 4. The predicted octanol–water partition coefficient (Wildman–Crippen LogP) is 3.37. The standard InChI is InChI=1S/C16H15BrF3N3O2S/c17-12-3-5-13(6-4-12)26(24,25)23-10-8-22(9-11-23)15-14(16(18,19)20)2-1-7-21-15/h1-7H,8-11H2. The zero-order valence-corrected chi connectivity index (χ0v) is 15.9. The van der Waals surface area contributed by atoms with E-state index in [4.69, 9.17) is 0 Å². The van der Waals surface area contributed by atoms with Crippen LogP contribution in [0.5, 0.6) is 0 Å². The molecule has 5 nitrogen and oxygen atoms in total. The number of hydrogen-bond donors (Lipinski definition) is 0. The quantitative estimate of drug-likeness (QED) is 0.720. The molecule has 0 atom stereocenters. The van der Waals surface area contributed by atoms with Crippen LogP contribution in [-0.4, -0.2) is 43.9 Å². The van der Waals surface area contributed by atoms with Gasteiger partial charge in [0.25, 0.3) is 0 Å². The third kappa shape index (κ3) is 3.86. The van der Waals surface area contributed by atoms with Crippen molar-refractivity contribution in [2.24, 2.45) is 0 Å². The second kappa shape index (κ2) is 7.16. The molecule has 0 aliphatic carbocycles. The van der Waals surface area contributed by atoms with E-state index in [-0.39, 0.29) is 36.9 Å². The van der Waals surface area contributed by atoms with Gasteiger partial charge in [-0.3, -0.25) is 0 Å². The summed E-state index contributed by atoms with van der Waals surface area (Å²) in [5.74, 6) is -0.166. The van der Waals surface area contributed by atoms with Gasteiger partial charge in [0.15, 0.2) is 0 Å². The average molecular weight is 450 g/mol. The van der Waals surface area contributed by atoms with Gasteiger partial charge in [0.1, 0.15) is 5.82 Å². The minimum absolute atomic E-state index is 0.0896. The number of benzene rings is 1. The van der Waals surface area contributed by atoms with Gasteiger partial charge in [0.05, 0.1) is 10.5 Å². The monoisotopic (exact) mass is 449 g/mol. The van der Waals surface area contributed by atoms with Crippen molar-refractivity contribution in [3.8, 4) is 0 Å². The summed E-state index contributed by atoms with van der Waals surface area (Å²) in [7, 11) is -3.68. The molecule has 3 rings (SSSR count). The van der Waals surface area contributed by atoms with Crippen LogP contribution >= 0.6 is 15.9 Å². The van der Waals surface area contributed by atoms with Crippen LogP contribution in [0, 0.1) is 0 Å². The molecule has 0 unspecified atom stereocenters. The van der Waals surface area contributed by atoms with Crippen LogP contribution in [0.4, 0.5) is 19.0 Å². The lowest BCUT2D eigenvalue weighted by Gasteiger charge is -2.35. The molecule has 1 aliphatic rings. The fourth-order valence-corrected chi connectivity index (χ4v) is 4.45. The van der Waals surface area contributed by atoms with Crippen molar-refractivity contribution in [3.05, 3.63) is 52.6 Å². The van der Waals surface area contributed by atoms with Gasteiger partial charge in [-0.1, -0.05) is 15.9 Å². The number of anilines is 1. The van der Waals surface area contributed by atoms with Crippen LogP contribution in [0.15, 0.2) is 52.0 Å². The minimum atomic E-state index is -4.51. The number of rotatable bonds is 3. The van der Waals surface area contributed by atoms with Crippen LogP contribution in [0.25, 0.3) is 0 Å². The van der Waals surface area contributed by atoms with Gasteiger partial charge in [0.2, 0.25) is 10.0 Å². The summed E-state index contributed by atoms with van der Waals surface area (Å²) in [4.78, 5) is 5.48. The van der Waals surface area contributed by atoms with E-state index >= 15 is 0 Å². The molecule has 0 N–H and O–H groups in total. The molecule has 10 heteroatoms. The molecular weight excluding hydrogens is 435 g/mol. The number of aromatic nitrogens is 1. The first-order chi connectivity index (χ1) is 12.2. The Labute approximate surface area is 157 Å². The van der Waals surface area contributed by atoms with E-state index in [2.05, 4.69) is 20.9 Å². The third-order valence-corrected chi connectivity index (χ3v) is 6.52. The number of nitrogens with zero attached hydrogens (tertiary/aromatic N) is 3. The Hall–Kier alpha value is -1.65. The van der Waals surface area contributed by atoms with Crippen LogP contribution in [0.1, 0.15) is 5.56 Å². The maximum absolute atomic E-state index is 13.1. The minimum Gasteiger partial charge on any atom is -0.353 e. The van der Waals surface area contributed by atoms with Gasteiger partial charge in [-0.15, -0.1) is 0 Å². The molecule has 0 radical (unpaired) electrons. The second-order valence-electron chi connectivity index (χ2n) is 5.72. The summed E-state index contributed by atoms with van der Waals surface area (Å²) in [5, 5.41) is 0. The fourth-order valence-electron chi connectivity index (χ4n) is 2.77. The summed E-state index contributed by atoms with van der Waals surface area (Å²) in [6.45, 7) is 0.449. The smallest absolute Gasteiger partial charge is 0.353 e. The van der Waals surface area contributed by atoms with Crippen molar-refractivity contribution in [2.45, 2.75) is 11.1 Å². The van der Waals surface area contributed by atoms with E-state index in [1.54, 1.807) is 12.1 Å². The molecular formula is C16H15BrF3N3O2S. The zero-order valence-electron chi connectivity index (χ0n) is 13.4. The highest BCUT2D eigenvalue weighted by Gasteiger charge is 2.37. The molecule has 1 saturated heterocycles. The lowest BCUT2D eigenvalue weighted by Crippen LogP contribution is -2.49. The van der Waals surface area contributed by atoms with Gasteiger partial charge in [0, 0.05) is 36.8 Å². The SMILES string of the molecule is O=S(=O)(c1ccc(Br)cc1)N1CCN(c2ncccc2C(F)(F)F)CC1. The van der Waals surface area contributed by atoms with Crippen molar-refractivity contribution in [1.82, 2.24) is 9.29 Å². The fraction of sp³-hybridized carbons (Fsp3) is 0.312. The highest BCUT2D eigenvalue weighted by Crippen LogP contribution is 2.35. The maximum atomic E-state index is 13.1. The van der Waals surface area contributed by atoms with E-state index in [1.165, 1.54) is 33.6 Å². The van der Waals surface area contributed by atoms with Crippen LogP contribution in [0.2, 0.25) is 0 Å². The topological polar surface area (TPSA) is 53.5 Å². The lowest BCUT2D eigenvalue weighted by molar-refractivity contribution is -0.137. The molecule has 2 aromatic rings.